The van der Waals surface area contributed by atoms with Crippen LogP contribution >= 0.6 is 0 Å². The zero-order valence-corrected chi connectivity index (χ0v) is 22.1. The van der Waals surface area contributed by atoms with E-state index < -0.39 is 10.0 Å². The molecule has 2 saturated heterocycles. The fourth-order valence-corrected chi connectivity index (χ4v) is 7.74. The molecule has 5 nitrogen and oxygen atoms in total. The van der Waals surface area contributed by atoms with Crippen LogP contribution in [0, 0.1) is 6.92 Å². The van der Waals surface area contributed by atoms with Crippen molar-refractivity contribution in [1.82, 2.24) is 9.37 Å². The average Bonchev–Trinajstić information content (AvgIpc) is 3.16. The summed E-state index contributed by atoms with van der Waals surface area (Å²) in [6, 6.07) is 17.1. The van der Waals surface area contributed by atoms with Crippen LogP contribution in [0.15, 0.2) is 59.5 Å². The molecule has 0 bridgehead atoms. The first kappa shape index (κ1) is 25.4. The van der Waals surface area contributed by atoms with E-state index in [1.807, 2.05) is 37.3 Å². The Morgan fingerprint density at radius 2 is 1.47 bits per heavy atom. The fourth-order valence-electron chi connectivity index (χ4n) is 5.88. The van der Waals surface area contributed by atoms with Crippen LogP contribution in [0.2, 0.25) is 0 Å². The maximum absolute atomic E-state index is 13.9. The van der Waals surface area contributed by atoms with Gasteiger partial charge in [0.2, 0.25) is 10.0 Å². The van der Waals surface area contributed by atoms with Gasteiger partial charge in [-0.1, -0.05) is 48.0 Å². The van der Waals surface area contributed by atoms with E-state index in [-0.39, 0.29) is 23.2 Å². The summed E-state index contributed by atoms with van der Waals surface area (Å²) >= 11 is 0. The van der Waals surface area contributed by atoms with E-state index in [2.05, 4.69) is 44.9 Å². The van der Waals surface area contributed by atoms with Crippen LogP contribution in [0.5, 0.6) is 0 Å². The highest BCUT2D eigenvalue weighted by atomic mass is 32.2. The van der Waals surface area contributed by atoms with Crippen LogP contribution in [0.3, 0.4) is 0 Å². The minimum atomic E-state index is -3.65. The van der Waals surface area contributed by atoms with E-state index in [9.17, 15) is 8.42 Å². The predicted molar refractivity (Wildman–Crippen MR) is 137 cm³/mol. The zero-order chi connectivity index (χ0) is 24.6. The quantitative estimate of drug-likeness (QED) is 0.503. The van der Waals surface area contributed by atoms with E-state index in [0.29, 0.717) is 17.9 Å². The van der Waals surface area contributed by atoms with Crippen LogP contribution < -0.4 is 0 Å². The highest BCUT2D eigenvalue weighted by Gasteiger charge is 2.46. The summed E-state index contributed by atoms with van der Waals surface area (Å²) in [7, 11) is -3.65. The number of hydrogen-bond donors (Lipinski definition) is 0. The molecule has 2 aromatic rings. The number of aryl methyl sites for hydroxylation is 1. The molecule has 0 aromatic heterocycles. The number of hydroxylamine groups is 2. The predicted octanol–water partition coefficient (Wildman–Crippen LogP) is 5.73. The van der Waals surface area contributed by atoms with Gasteiger partial charge in [0.1, 0.15) is 0 Å². The van der Waals surface area contributed by atoms with Gasteiger partial charge < -0.3 is 0 Å². The van der Waals surface area contributed by atoms with Gasteiger partial charge in [-0.15, -0.1) is 0 Å². The van der Waals surface area contributed by atoms with Crippen molar-refractivity contribution < 1.29 is 13.3 Å². The smallest absolute Gasteiger partial charge is 0.243 e. The van der Waals surface area contributed by atoms with Crippen molar-refractivity contribution in [3.05, 3.63) is 65.7 Å². The van der Waals surface area contributed by atoms with Gasteiger partial charge in [-0.25, -0.2) is 8.42 Å². The van der Waals surface area contributed by atoms with Crippen molar-refractivity contribution in [2.75, 3.05) is 6.61 Å². The molecule has 2 fully saturated rings. The van der Waals surface area contributed by atoms with Gasteiger partial charge in [0.05, 0.1) is 17.5 Å². The van der Waals surface area contributed by atoms with Crippen LogP contribution in [-0.2, 0) is 21.3 Å². The van der Waals surface area contributed by atoms with Gasteiger partial charge in [-0.2, -0.15) is 9.37 Å². The van der Waals surface area contributed by atoms with Crippen LogP contribution in [0.1, 0.15) is 70.9 Å². The summed E-state index contributed by atoms with van der Waals surface area (Å²) in [6.45, 7) is 11.2. The largest absolute Gasteiger partial charge is 0.296 e. The Balaban J connectivity index is 1.61. The van der Waals surface area contributed by atoms with E-state index in [1.165, 1.54) is 6.42 Å². The van der Waals surface area contributed by atoms with E-state index in [0.717, 1.165) is 36.8 Å². The van der Waals surface area contributed by atoms with Crippen molar-refractivity contribution in [2.24, 2.45) is 0 Å². The summed E-state index contributed by atoms with van der Waals surface area (Å²) in [4.78, 5) is 6.87. The second kappa shape index (κ2) is 9.73. The van der Waals surface area contributed by atoms with Crippen LogP contribution in [0.25, 0.3) is 0 Å². The van der Waals surface area contributed by atoms with Crippen molar-refractivity contribution in [3.63, 3.8) is 0 Å². The number of rotatable bonds is 7. The molecule has 186 valence electrons. The van der Waals surface area contributed by atoms with E-state index >= 15 is 0 Å². The van der Waals surface area contributed by atoms with Crippen molar-refractivity contribution >= 4 is 10.0 Å². The molecule has 2 heterocycles. The van der Waals surface area contributed by atoms with E-state index in [4.69, 9.17) is 4.84 Å². The molecule has 0 saturated carbocycles. The van der Waals surface area contributed by atoms with Crippen molar-refractivity contribution in [1.29, 1.82) is 0 Å². The summed E-state index contributed by atoms with van der Waals surface area (Å²) < 4.78 is 29.6. The molecule has 6 heteroatoms. The Morgan fingerprint density at radius 3 is 2.09 bits per heavy atom. The minimum absolute atomic E-state index is 0.0789. The van der Waals surface area contributed by atoms with Gasteiger partial charge in [0.15, 0.2) is 0 Å². The number of piperidine rings is 1. The van der Waals surface area contributed by atoms with Crippen molar-refractivity contribution in [3.8, 4) is 0 Å². The molecule has 34 heavy (non-hydrogen) atoms. The lowest BCUT2D eigenvalue weighted by molar-refractivity contribution is -0.284. The third-order valence-electron chi connectivity index (χ3n) is 7.54. The molecule has 0 radical (unpaired) electrons. The highest BCUT2D eigenvalue weighted by molar-refractivity contribution is 7.89. The van der Waals surface area contributed by atoms with Gasteiger partial charge in [0.25, 0.3) is 0 Å². The standard InChI is InChI=1S/C28H40N2O3S/c1-22-12-16-26(17-13-22)34(31,32)29-24(20-23-10-7-6-8-11-23)14-15-25(29)21-33-30-27(2,3)18-9-19-28(30,4)5/h6-8,10-13,16-17,24-25H,9,14-15,18-21H2,1-5H3/t24-,25+/m1/s1. The second-order valence-electron chi connectivity index (χ2n) is 11.3. The van der Waals surface area contributed by atoms with Gasteiger partial charge in [-0.05, 0) is 90.8 Å². The molecule has 0 amide bonds. The monoisotopic (exact) mass is 484 g/mol. The molecule has 4 rings (SSSR count). The lowest BCUT2D eigenvalue weighted by Crippen LogP contribution is -2.59. The van der Waals surface area contributed by atoms with Gasteiger partial charge in [-0.3, -0.25) is 4.84 Å². The van der Waals surface area contributed by atoms with E-state index in [1.54, 1.807) is 16.4 Å². The first-order valence-corrected chi connectivity index (χ1v) is 14.0. The molecule has 0 spiro atoms. The number of benzene rings is 2. The van der Waals surface area contributed by atoms with Crippen molar-refractivity contribution in [2.45, 2.75) is 101 Å². The summed E-state index contributed by atoms with van der Waals surface area (Å²) in [5, 5.41) is 2.14. The van der Waals surface area contributed by atoms with Crippen LogP contribution in [0.4, 0.5) is 0 Å². The first-order chi connectivity index (χ1) is 16.0. The summed E-state index contributed by atoms with van der Waals surface area (Å²) in [5.41, 5.74) is 2.06. The molecule has 2 aliphatic rings. The molecule has 0 N–H and O–H groups in total. The Labute approximate surface area is 206 Å². The zero-order valence-electron chi connectivity index (χ0n) is 21.3. The second-order valence-corrected chi connectivity index (χ2v) is 13.1. The SMILES string of the molecule is Cc1ccc(S(=O)(=O)N2[C@@H](Cc3ccccc3)CC[C@H]2CON2C(C)(C)CCCC2(C)C)cc1. The number of hydrogen-bond acceptors (Lipinski definition) is 4. The molecule has 2 aromatic carbocycles. The lowest BCUT2D eigenvalue weighted by Gasteiger charge is -2.51. The molecule has 2 atom stereocenters. The fraction of sp³-hybridized carbons (Fsp3) is 0.571. The maximum atomic E-state index is 13.9. The number of sulfonamides is 1. The minimum Gasteiger partial charge on any atom is -0.296 e. The molecular weight excluding hydrogens is 444 g/mol. The summed E-state index contributed by atoms with van der Waals surface area (Å²) in [5.74, 6) is 0. The average molecular weight is 485 g/mol. The summed E-state index contributed by atoms with van der Waals surface area (Å²) in [6.07, 6.45) is 5.67. The lowest BCUT2D eigenvalue weighted by atomic mass is 9.82. The first-order valence-electron chi connectivity index (χ1n) is 12.6. The topological polar surface area (TPSA) is 49.9 Å². The van der Waals surface area contributed by atoms with Crippen LogP contribution in [-0.4, -0.2) is 47.6 Å². The third kappa shape index (κ3) is 5.25. The molecule has 0 aliphatic carbocycles. The Hall–Kier alpha value is -1.73. The number of nitrogens with zero attached hydrogens (tertiary/aromatic N) is 2. The molecule has 2 aliphatic heterocycles. The molecule has 0 unspecified atom stereocenters. The van der Waals surface area contributed by atoms with Gasteiger partial charge >= 0.3 is 0 Å². The Bertz CT molecular complexity index is 1050. The highest BCUT2D eigenvalue weighted by Crippen LogP contribution is 2.39. The Morgan fingerprint density at radius 1 is 0.882 bits per heavy atom. The van der Waals surface area contributed by atoms with Gasteiger partial charge in [0, 0.05) is 17.1 Å². The normalized spacial score (nSPS) is 25.4. The Kier molecular flexibility index (Phi) is 7.26. The third-order valence-corrected chi connectivity index (χ3v) is 9.56. The maximum Gasteiger partial charge on any atom is 0.243 e. The molecular formula is C28H40N2O3S.